The molecular weight excluding hydrogens is 363 g/mol. The smallest absolute Gasteiger partial charge is 0.264 e. The zero-order valence-corrected chi connectivity index (χ0v) is 15.1. The quantitative estimate of drug-likeness (QED) is 0.671. The van der Waals surface area contributed by atoms with Crippen LogP contribution in [0.3, 0.4) is 0 Å². The molecule has 3 heterocycles. The Balaban J connectivity index is 1.46. The lowest BCUT2D eigenvalue weighted by molar-refractivity contribution is 0.0596. The number of amides is 1. The maximum Gasteiger partial charge on any atom is 0.264 e. The van der Waals surface area contributed by atoms with E-state index in [2.05, 4.69) is 15.1 Å². The highest BCUT2D eigenvalue weighted by atomic mass is 19.1. The molecular formula is C20H19FN4O3. The number of hydrogen-bond acceptors (Lipinski definition) is 6. The van der Waals surface area contributed by atoms with Crippen LogP contribution in [0, 0.1) is 5.82 Å². The second-order valence-corrected chi connectivity index (χ2v) is 6.54. The molecule has 7 nitrogen and oxygen atoms in total. The molecule has 0 aliphatic carbocycles. The van der Waals surface area contributed by atoms with Crippen molar-refractivity contribution in [3.63, 3.8) is 0 Å². The van der Waals surface area contributed by atoms with E-state index in [1.54, 1.807) is 29.4 Å². The van der Waals surface area contributed by atoms with Gasteiger partial charge in [0.25, 0.3) is 11.8 Å². The standard InChI is InChI=1S/C20H19FN4O3/c21-15-6-8-16(9-7-15)27-13-18-23-19(24-28-18)17-5-1-2-11-25(17)20(26)14-4-3-10-22-12-14/h3-4,6-10,12,17H,1-2,5,11,13H2. The molecule has 0 radical (unpaired) electrons. The fraction of sp³-hybridized carbons (Fsp3) is 0.300. The molecule has 1 aliphatic rings. The average molecular weight is 382 g/mol. The number of rotatable bonds is 5. The third-order valence-corrected chi connectivity index (χ3v) is 4.63. The predicted molar refractivity (Wildman–Crippen MR) is 96.9 cm³/mol. The van der Waals surface area contributed by atoms with Crippen molar-refractivity contribution < 1.29 is 18.4 Å². The topological polar surface area (TPSA) is 81.4 Å². The van der Waals surface area contributed by atoms with Crippen LogP contribution in [0.4, 0.5) is 4.39 Å². The van der Waals surface area contributed by atoms with Gasteiger partial charge in [-0.15, -0.1) is 0 Å². The van der Waals surface area contributed by atoms with E-state index in [9.17, 15) is 9.18 Å². The Hall–Kier alpha value is -3.29. The van der Waals surface area contributed by atoms with E-state index < -0.39 is 0 Å². The van der Waals surface area contributed by atoms with Gasteiger partial charge in [0.05, 0.1) is 11.6 Å². The number of likely N-dealkylation sites (tertiary alicyclic amines) is 1. The van der Waals surface area contributed by atoms with Crippen molar-refractivity contribution in [1.29, 1.82) is 0 Å². The van der Waals surface area contributed by atoms with Gasteiger partial charge in [0, 0.05) is 18.9 Å². The lowest BCUT2D eigenvalue weighted by Gasteiger charge is -2.33. The zero-order chi connectivity index (χ0) is 19.3. The highest BCUT2D eigenvalue weighted by molar-refractivity contribution is 5.94. The van der Waals surface area contributed by atoms with E-state index >= 15 is 0 Å². The molecule has 1 aliphatic heterocycles. The molecule has 1 fully saturated rings. The summed E-state index contributed by atoms with van der Waals surface area (Å²) in [7, 11) is 0. The van der Waals surface area contributed by atoms with Crippen LogP contribution in [0.25, 0.3) is 0 Å². The van der Waals surface area contributed by atoms with Gasteiger partial charge in [-0.2, -0.15) is 4.98 Å². The van der Waals surface area contributed by atoms with Crippen LogP contribution in [-0.2, 0) is 6.61 Å². The van der Waals surface area contributed by atoms with E-state index in [0.717, 1.165) is 19.3 Å². The Bertz CT molecular complexity index is 930. The molecule has 1 atom stereocenters. The van der Waals surface area contributed by atoms with Crippen molar-refractivity contribution in [2.75, 3.05) is 6.54 Å². The van der Waals surface area contributed by atoms with Crippen molar-refractivity contribution in [2.24, 2.45) is 0 Å². The predicted octanol–water partition coefficient (Wildman–Crippen LogP) is 3.55. The normalized spacial score (nSPS) is 16.8. The summed E-state index contributed by atoms with van der Waals surface area (Å²) in [6.45, 7) is 0.705. The summed E-state index contributed by atoms with van der Waals surface area (Å²) in [5.74, 6) is 0.857. The van der Waals surface area contributed by atoms with Gasteiger partial charge in [0.15, 0.2) is 12.4 Å². The number of piperidine rings is 1. The van der Waals surface area contributed by atoms with E-state index in [0.29, 0.717) is 29.6 Å². The first kappa shape index (κ1) is 18.1. The van der Waals surface area contributed by atoms with Crippen molar-refractivity contribution in [3.8, 4) is 5.75 Å². The SMILES string of the molecule is O=C(c1cccnc1)N1CCCCC1c1noc(COc2ccc(F)cc2)n1. The third-order valence-electron chi connectivity index (χ3n) is 4.63. The molecule has 0 spiro atoms. The van der Waals surface area contributed by atoms with Crippen LogP contribution in [0.1, 0.15) is 47.4 Å². The second kappa shape index (κ2) is 8.16. The minimum atomic E-state index is -0.330. The molecule has 0 N–H and O–H groups in total. The molecule has 144 valence electrons. The molecule has 1 saturated heterocycles. The number of halogens is 1. The van der Waals surface area contributed by atoms with Gasteiger partial charge in [-0.1, -0.05) is 5.16 Å². The highest BCUT2D eigenvalue weighted by Gasteiger charge is 2.32. The van der Waals surface area contributed by atoms with Crippen LogP contribution in [-0.4, -0.2) is 32.5 Å². The van der Waals surface area contributed by atoms with E-state index in [4.69, 9.17) is 9.26 Å². The van der Waals surface area contributed by atoms with Gasteiger partial charge in [-0.05, 0) is 55.7 Å². The van der Waals surface area contributed by atoms with Crippen LogP contribution >= 0.6 is 0 Å². The zero-order valence-electron chi connectivity index (χ0n) is 15.1. The van der Waals surface area contributed by atoms with Gasteiger partial charge >= 0.3 is 0 Å². The van der Waals surface area contributed by atoms with Crippen molar-refractivity contribution in [1.82, 2.24) is 20.0 Å². The number of ether oxygens (including phenoxy) is 1. The van der Waals surface area contributed by atoms with Crippen LogP contribution < -0.4 is 4.74 Å². The molecule has 28 heavy (non-hydrogen) atoms. The van der Waals surface area contributed by atoms with E-state index in [1.807, 2.05) is 0 Å². The van der Waals surface area contributed by atoms with Gasteiger partial charge in [-0.3, -0.25) is 9.78 Å². The monoisotopic (exact) mass is 382 g/mol. The fourth-order valence-electron chi connectivity index (χ4n) is 3.24. The van der Waals surface area contributed by atoms with E-state index in [1.165, 1.54) is 24.3 Å². The number of hydrogen-bond donors (Lipinski definition) is 0. The summed E-state index contributed by atoms with van der Waals surface area (Å²) in [6, 6.07) is 8.94. The van der Waals surface area contributed by atoms with Gasteiger partial charge in [0.1, 0.15) is 11.6 Å². The van der Waals surface area contributed by atoms with Crippen molar-refractivity contribution in [3.05, 3.63) is 71.9 Å². The number of carbonyl (C=O) groups excluding carboxylic acids is 1. The van der Waals surface area contributed by atoms with Crippen molar-refractivity contribution >= 4 is 5.91 Å². The Morgan fingerprint density at radius 2 is 2.11 bits per heavy atom. The minimum absolute atomic E-state index is 0.0713. The molecule has 0 saturated carbocycles. The molecule has 1 amide bonds. The molecule has 4 rings (SSSR count). The minimum Gasteiger partial charge on any atom is -0.484 e. The third kappa shape index (κ3) is 4.00. The molecule has 3 aromatic rings. The Kier molecular flexibility index (Phi) is 5.27. The number of carbonyl (C=O) groups is 1. The van der Waals surface area contributed by atoms with Crippen LogP contribution in [0.15, 0.2) is 53.3 Å². The number of benzene rings is 1. The van der Waals surface area contributed by atoms with Gasteiger partial charge in [-0.25, -0.2) is 4.39 Å². The first-order valence-corrected chi connectivity index (χ1v) is 9.12. The number of aromatic nitrogens is 3. The van der Waals surface area contributed by atoms with Gasteiger partial charge in [0.2, 0.25) is 0 Å². The van der Waals surface area contributed by atoms with Crippen LogP contribution in [0.5, 0.6) is 5.75 Å². The Morgan fingerprint density at radius 3 is 2.89 bits per heavy atom. The molecule has 8 heteroatoms. The number of nitrogens with zero attached hydrogens (tertiary/aromatic N) is 4. The summed E-state index contributed by atoms with van der Waals surface area (Å²) in [5.41, 5.74) is 0.540. The largest absolute Gasteiger partial charge is 0.484 e. The van der Waals surface area contributed by atoms with Gasteiger partial charge < -0.3 is 14.2 Å². The highest BCUT2D eigenvalue weighted by Crippen LogP contribution is 2.30. The molecule has 1 aromatic carbocycles. The lowest BCUT2D eigenvalue weighted by atomic mass is 10.0. The lowest BCUT2D eigenvalue weighted by Crippen LogP contribution is -2.39. The number of pyridine rings is 1. The first-order valence-electron chi connectivity index (χ1n) is 9.12. The average Bonchev–Trinajstić information content (AvgIpc) is 3.22. The molecule has 2 aromatic heterocycles. The van der Waals surface area contributed by atoms with Crippen molar-refractivity contribution in [2.45, 2.75) is 31.9 Å². The maximum absolute atomic E-state index is 13.0. The summed E-state index contributed by atoms with van der Waals surface area (Å²) in [6.07, 6.45) is 5.88. The summed E-state index contributed by atoms with van der Waals surface area (Å²) < 4.78 is 23.8. The second-order valence-electron chi connectivity index (χ2n) is 6.54. The summed E-state index contributed by atoms with van der Waals surface area (Å²) in [4.78, 5) is 23.1. The van der Waals surface area contributed by atoms with Crippen LogP contribution in [0.2, 0.25) is 0 Å². The maximum atomic E-state index is 13.0. The first-order chi connectivity index (χ1) is 13.7. The Labute approximate surface area is 161 Å². The Morgan fingerprint density at radius 1 is 1.25 bits per heavy atom. The fourth-order valence-corrected chi connectivity index (χ4v) is 3.24. The molecule has 1 unspecified atom stereocenters. The van der Waals surface area contributed by atoms with E-state index in [-0.39, 0.29) is 24.4 Å². The molecule has 0 bridgehead atoms. The summed E-state index contributed by atoms with van der Waals surface area (Å²) in [5, 5.41) is 4.06. The summed E-state index contributed by atoms with van der Waals surface area (Å²) >= 11 is 0.